The van der Waals surface area contributed by atoms with E-state index in [2.05, 4.69) is 17.2 Å². The largest absolute Gasteiger partial charge is 0.396 e. The van der Waals surface area contributed by atoms with Gasteiger partial charge in [-0.25, -0.2) is 4.98 Å². The fourth-order valence-corrected chi connectivity index (χ4v) is 2.03. The summed E-state index contributed by atoms with van der Waals surface area (Å²) in [5, 5.41) is 3.21. The van der Waals surface area contributed by atoms with Crippen molar-refractivity contribution in [2.75, 3.05) is 11.1 Å². The van der Waals surface area contributed by atoms with Crippen molar-refractivity contribution in [3.05, 3.63) is 47.2 Å². The molecule has 5 heteroatoms. The number of amides is 1. The summed E-state index contributed by atoms with van der Waals surface area (Å²) < 4.78 is 0. The van der Waals surface area contributed by atoms with E-state index in [-0.39, 0.29) is 5.69 Å². The molecule has 0 fully saturated rings. The number of anilines is 3. The Labute approximate surface area is 118 Å². The molecule has 20 heavy (non-hydrogen) atoms. The first-order valence-corrected chi connectivity index (χ1v) is 6.44. The molecule has 0 unspecified atom stereocenters. The highest BCUT2D eigenvalue weighted by atomic mass is 16.1. The van der Waals surface area contributed by atoms with Gasteiger partial charge in [-0.3, -0.25) is 4.79 Å². The number of pyridine rings is 1. The molecule has 5 N–H and O–H groups in total. The highest BCUT2D eigenvalue weighted by Gasteiger charge is 2.10. The summed E-state index contributed by atoms with van der Waals surface area (Å²) in [5.41, 5.74) is 15.0. The molecule has 0 saturated heterocycles. The Kier molecular flexibility index (Phi) is 3.89. The number of carbonyl (C=O) groups is 1. The topological polar surface area (TPSA) is 94.0 Å². The van der Waals surface area contributed by atoms with Gasteiger partial charge in [-0.15, -0.1) is 0 Å². The zero-order chi connectivity index (χ0) is 14.7. The van der Waals surface area contributed by atoms with Crippen molar-refractivity contribution in [2.24, 2.45) is 5.73 Å². The molecule has 0 aliphatic rings. The Morgan fingerprint density at radius 2 is 2.05 bits per heavy atom. The minimum absolute atomic E-state index is 0.188. The maximum Gasteiger partial charge on any atom is 0.267 e. The van der Waals surface area contributed by atoms with Gasteiger partial charge in [0, 0.05) is 5.69 Å². The van der Waals surface area contributed by atoms with E-state index in [1.54, 1.807) is 6.07 Å². The molecule has 2 rings (SSSR count). The van der Waals surface area contributed by atoms with Gasteiger partial charge >= 0.3 is 0 Å². The second-order valence-electron chi connectivity index (χ2n) is 4.59. The van der Waals surface area contributed by atoms with Crippen molar-refractivity contribution in [3.63, 3.8) is 0 Å². The Morgan fingerprint density at radius 1 is 1.30 bits per heavy atom. The minimum atomic E-state index is -0.575. The van der Waals surface area contributed by atoms with Crippen LogP contribution in [0.5, 0.6) is 0 Å². The van der Waals surface area contributed by atoms with E-state index in [4.69, 9.17) is 11.5 Å². The minimum Gasteiger partial charge on any atom is -0.396 e. The third-order valence-corrected chi connectivity index (χ3v) is 3.16. The van der Waals surface area contributed by atoms with Crippen LogP contribution in [0, 0.1) is 6.92 Å². The van der Waals surface area contributed by atoms with Crippen molar-refractivity contribution >= 4 is 23.1 Å². The summed E-state index contributed by atoms with van der Waals surface area (Å²) >= 11 is 0. The molecule has 0 saturated carbocycles. The third kappa shape index (κ3) is 2.71. The normalized spacial score (nSPS) is 10.3. The Hall–Kier alpha value is -2.56. The van der Waals surface area contributed by atoms with E-state index in [0.29, 0.717) is 11.5 Å². The van der Waals surface area contributed by atoms with Crippen LogP contribution >= 0.6 is 0 Å². The van der Waals surface area contributed by atoms with Crippen LogP contribution in [-0.4, -0.2) is 10.9 Å². The summed E-state index contributed by atoms with van der Waals surface area (Å²) in [5.74, 6) is -0.126. The zero-order valence-corrected chi connectivity index (χ0v) is 11.6. The lowest BCUT2D eigenvalue weighted by molar-refractivity contribution is 0.0996. The first-order valence-electron chi connectivity index (χ1n) is 6.44. The molecule has 0 aliphatic carbocycles. The lowest BCUT2D eigenvalue weighted by Crippen LogP contribution is -2.14. The van der Waals surface area contributed by atoms with Gasteiger partial charge < -0.3 is 16.8 Å². The van der Waals surface area contributed by atoms with Crippen LogP contribution in [0.25, 0.3) is 0 Å². The molecule has 1 aromatic carbocycles. The summed E-state index contributed by atoms with van der Waals surface area (Å²) in [6.07, 6.45) is 0.888. The lowest BCUT2D eigenvalue weighted by Gasteiger charge is -2.15. The van der Waals surface area contributed by atoms with E-state index in [9.17, 15) is 4.79 Å². The number of nitrogens with two attached hydrogens (primary N) is 2. The molecule has 0 aliphatic heterocycles. The van der Waals surface area contributed by atoms with Gasteiger partial charge in [0.25, 0.3) is 5.91 Å². The maximum absolute atomic E-state index is 11.2. The van der Waals surface area contributed by atoms with Gasteiger partial charge in [-0.05, 0) is 36.6 Å². The first-order chi connectivity index (χ1) is 9.52. The number of nitrogens with one attached hydrogen (secondary N) is 1. The average Bonchev–Trinajstić information content (AvgIpc) is 2.42. The number of primary amides is 1. The van der Waals surface area contributed by atoms with Crippen molar-refractivity contribution < 1.29 is 4.79 Å². The zero-order valence-electron chi connectivity index (χ0n) is 11.6. The maximum atomic E-state index is 11.2. The van der Waals surface area contributed by atoms with Gasteiger partial charge in [-0.2, -0.15) is 0 Å². The molecule has 1 aromatic heterocycles. The van der Waals surface area contributed by atoms with Crippen molar-refractivity contribution in [1.29, 1.82) is 0 Å². The third-order valence-electron chi connectivity index (χ3n) is 3.16. The monoisotopic (exact) mass is 270 g/mol. The predicted molar refractivity (Wildman–Crippen MR) is 81.0 cm³/mol. The second-order valence-corrected chi connectivity index (χ2v) is 4.59. The first kappa shape index (κ1) is 13.9. The fourth-order valence-electron chi connectivity index (χ4n) is 2.03. The number of rotatable bonds is 4. The van der Waals surface area contributed by atoms with Crippen LogP contribution in [0.2, 0.25) is 0 Å². The number of nitrogen functional groups attached to an aromatic ring is 1. The lowest BCUT2D eigenvalue weighted by atomic mass is 10.1. The average molecular weight is 270 g/mol. The molecule has 0 atom stereocenters. The van der Waals surface area contributed by atoms with Gasteiger partial charge in [-0.1, -0.05) is 25.1 Å². The highest BCUT2D eigenvalue weighted by Crippen LogP contribution is 2.27. The number of nitrogens with zero attached hydrogens (tertiary/aromatic N) is 1. The molecule has 0 radical (unpaired) electrons. The van der Waals surface area contributed by atoms with Gasteiger partial charge in [0.2, 0.25) is 0 Å². The van der Waals surface area contributed by atoms with Crippen LogP contribution in [0.15, 0.2) is 30.3 Å². The van der Waals surface area contributed by atoms with Crippen LogP contribution in [0.4, 0.5) is 17.2 Å². The van der Waals surface area contributed by atoms with Crippen LogP contribution in [-0.2, 0) is 6.42 Å². The van der Waals surface area contributed by atoms with E-state index in [0.717, 1.165) is 23.2 Å². The smallest absolute Gasteiger partial charge is 0.267 e. The standard InChI is InChI=1S/C15H18N4O/c1-3-10-6-4-5-9(2)13(10)19-15-11(16)7-8-12(18-15)14(17)20/h4-8H,3,16H2,1-2H3,(H2,17,20)(H,18,19). The van der Waals surface area contributed by atoms with Crippen molar-refractivity contribution in [2.45, 2.75) is 20.3 Å². The molecule has 2 aromatic rings. The highest BCUT2D eigenvalue weighted by molar-refractivity contribution is 5.92. The number of benzene rings is 1. The SMILES string of the molecule is CCc1cccc(C)c1Nc1nc(C(N)=O)ccc1N. The van der Waals surface area contributed by atoms with E-state index in [1.807, 2.05) is 25.1 Å². The molecule has 0 bridgehead atoms. The predicted octanol–water partition coefficient (Wildman–Crippen LogP) is 2.38. The summed E-state index contributed by atoms with van der Waals surface area (Å²) in [7, 11) is 0. The second kappa shape index (κ2) is 5.61. The van der Waals surface area contributed by atoms with Gasteiger partial charge in [0.05, 0.1) is 5.69 Å². The Balaban J connectivity index is 2.44. The van der Waals surface area contributed by atoms with Gasteiger partial charge in [0.1, 0.15) is 5.69 Å². The molecular weight excluding hydrogens is 252 g/mol. The van der Waals surface area contributed by atoms with Crippen molar-refractivity contribution in [3.8, 4) is 0 Å². The molecule has 1 heterocycles. The molecule has 1 amide bonds. The van der Waals surface area contributed by atoms with E-state index < -0.39 is 5.91 Å². The quantitative estimate of drug-likeness (QED) is 0.795. The summed E-state index contributed by atoms with van der Waals surface area (Å²) in [6, 6.07) is 9.20. The molecule has 5 nitrogen and oxygen atoms in total. The van der Waals surface area contributed by atoms with Crippen molar-refractivity contribution in [1.82, 2.24) is 4.98 Å². The molecule has 0 spiro atoms. The van der Waals surface area contributed by atoms with Crippen LogP contribution < -0.4 is 16.8 Å². The number of para-hydroxylation sites is 1. The fraction of sp³-hybridized carbons (Fsp3) is 0.200. The van der Waals surface area contributed by atoms with Crippen LogP contribution in [0.1, 0.15) is 28.5 Å². The van der Waals surface area contributed by atoms with Crippen LogP contribution in [0.3, 0.4) is 0 Å². The van der Waals surface area contributed by atoms with E-state index in [1.165, 1.54) is 6.07 Å². The number of hydrogen-bond donors (Lipinski definition) is 3. The van der Waals surface area contributed by atoms with Gasteiger partial charge in [0.15, 0.2) is 5.82 Å². The number of aryl methyl sites for hydroxylation is 2. The Morgan fingerprint density at radius 3 is 2.70 bits per heavy atom. The summed E-state index contributed by atoms with van der Waals surface area (Å²) in [6.45, 7) is 4.09. The van der Waals surface area contributed by atoms with E-state index >= 15 is 0 Å². The molecular formula is C15H18N4O. The molecule has 104 valence electrons. The number of hydrogen-bond acceptors (Lipinski definition) is 4. The number of aromatic nitrogens is 1. The Bertz CT molecular complexity index is 652. The summed E-state index contributed by atoms with van der Waals surface area (Å²) in [4.78, 5) is 15.4. The number of carbonyl (C=O) groups excluding carboxylic acids is 1.